The first kappa shape index (κ1) is 11.9. The van der Waals surface area contributed by atoms with Crippen molar-refractivity contribution in [3.8, 4) is 0 Å². The molecule has 4 heteroatoms. The van der Waals surface area contributed by atoms with E-state index in [1.54, 1.807) is 12.1 Å². The number of halogens is 1. The zero-order chi connectivity index (χ0) is 12.1. The van der Waals surface area contributed by atoms with E-state index in [-0.39, 0.29) is 5.82 Å². The Hall–Kier alpha value is -1.55. The third-order valence-corrected chi connectivity index (χ3v) is 3.36. The molecule has 1 aromatic carbocycles. The molecule has 0 aliphatic heterocycles. The topological polar surface area (TPSA) is 24.9 Å². The number of hydrogen-bond donors (Lipinski definition) is 1. The molecule has 2 aromatic rings. The number of pyridine rings is 1. The fourth-order valence-corrected chi connectivity index (χ4v) is 2.26. The van der Waals surface area contributed by atoms with Crippen molar-refractivity contribution in [2.75, 3.05) is 12.4 Å². The molecule has 0 aliphatic carbocycles. The van der Waals surface area contributed by atoms with Crippen molar-refractivity contribution < 1.29 is 4.39 Å². The van der Waals surface area contributed by atoms with Crippen LogP contribution in [0.15, 0.2) is 47.4 Å². The van der Waals surface area contributed by atoms with Crippen molar-refractivity contribution in [1.29, 1.82) is 0 Å². The fraction of sp³-hybridized carbons (Fsp3) is 0.154. The molecule has 1 aromatic heterocycles. The lowest BCUT2D eigenvalue weighted by atomic mass is 10.3. The highest BCUT2D eigenvalue weighted by molar-refractivity contribution is 7.98. The normalized spacial score (nSPS) is 10.2. The van der Waals surface area contributed by atoms with E-state index in [1.807, 2.05) is 31.3 Å². The van der Waals surface area contributed by atoms with E-state index in [4.69, 9.17) is 0 Å². The van der Waals surface area contributed by atoms with Crippen LogP contribution in [0.2, 0.25) is 0 Å². The SMILES string of the molecule is CNc1cccc(CSc2ccccc2F)n1. The molecule has 0 bridgehead atoms. The smallest absolute Gasteiger partial charge is 0.136 e. The summed E-state index contributed by atoms with van der Waals surface area (Å²) in [5.74, 6) is 1.31. The van der Waals surface area contributed by atoms with E-state index in [2.05, 4.69) is 10.3 Å². The maximum atomic E-state index is 13.4. The van der Waals surface area contributed by atoms with Crippen LogP contribution >= 0.6 is 11.8 Å². The lowest BCUT2D eigenvalue weighted by molar-refractivity contribution is 0.602. The van der Waals surface area contributed by atoms with Crippen molar-refractivity contribution in [2.45, 2.75) is 10.6 Å². The van der Waals surface area contributed by atoms with Gasteiger partial charge in [-0.05, 0) is 24.3 Å². The van der Waals surface area contributed by atoms with Gasteiger partial charge in [-0.1, -0.05) is 18.2 Å². The van der Waals surface area contributed by atoms with Crippen LogP contribution in [0.1, 0.15) is 5.69 Å². The van der Waals surface area contributed by atoms with Crippen LogP contribution < -0.4 is 5.32 Å². The predicted molar refractivity (Wildman–Crippen MR) is 69.7 cm³/mol. The van der Waals surface area contributed by atoms with Crippen LogP contribution in [0.25, 0.3) is 0 Å². The number of aromatic nitrogens is 1. The van der Waals surface area contributed by atoms with Gasteiger partial charge in [-0.25, -0.2) is 9.37 Å². The van der Waals surface area contributed by atoms with Gasteiger partial charge < -0.3 is 5.32 Å². The number of nitrogens with zero attached hydrogens (tertiary/aromatic N) is 1. The third-order valence-electron chi connectivity index (χ3n) is 2.28. The van der Waals surface area contributed by atoms with Gasteiger partial charge in [0.1, 0.15) is 11.6 Å². The number of nitrogens with one attached hydrogen (secondary N) is 1. The second kappa shape index (κ2) is 5.68. The summed E-state index contributed by atoms with van der Waals surface area (Å²) in [4.78, 5) is 5.04. The molecule has 0 amide bonds. The van der Waals surface area contributed by atoms with Crippen LogP contribution in [-0.4, -0.2) is 12.0 Å². The Morgan fingerprint density at radius 1 is 1.18 bits per heavy atom. The summed E-state index contributed by atoms with van der Waals surface area (Å²) in [6.07, 6.45) is 0. The van der Waals surface area contributed by atoms with Gasteiger partial charge in [-0.3, -0.25) is 0 Å². The van der Waals surface area contributed by atoms with Crippen molar-refractivity contribution in [2.24, 2.45) is 0 Å². The van der Waals surface area contributed by atoms with Crippen molar-refractivity contribution >= 4 is 17.6 Å². The second-order valence-corrected chi connectivity index (χ2v) is 4.50. The second-order valence-electron chi connectivity index (χ2n) is 3.48. The van der Waals surface area contributed by atoms with Crippen molar-refractivity contribution in [1.82, 2.24) is 4.98 Å². The monoisotopic (exact) mass is 248 g/mol. The zero-order valence-electron chi connectivity index (χ0n) is 9.48. The number of hydrogen-bond acceptors (Lipinski definition) is 3. The molecule has 2 rings (SSSR count). The van der Waals surface area contributed by atoms with Gasteiger partial charge in [0.05, 0.1) is 5.69 Å². The van der Waals surface area contributed by atoms with E-state index in [1.165, 1.54) is 17.8 Å². The zero-order valence-corrected chi connectivity index (χ0v) is 10.3. The minimum Gasteiger partial charge on any atom is -0.373 e. The summed E-state index contributed by atoms with van der Waals surface area (Å²) >= 11 is 1.45. The molecule has 2 nitrogen and oxygen atoms in total. The lowest BCUT2D eigenvalue weighted by Gasteiger charge is -2.04. The highest BCUT2D eigenvalue weighted by Gasteiger charge is 2.03. The van der Waals surface area contributed by atoms with Crippen LogP contribution in [-0.2, 0) is 5.75 Å². The van der Waals surface area contributed by atoms with Crippen molar-refractivity contribution in [3.63, 3.8) is 0 Å². The molecular weight excluding hydrogens is 235 g/mol. The molecule has 0 saturated carbocycles. The Balaban J connectivity index is 2.05. The van der Waals surface area contributed by atoms with Gasteiger partial charge >= 0.3 is 0 Å². The van der Waals surface area contributed by atoms with Crippen LogP contribution in [0, 0.1) is 5.82 Å². The van der Waals surface area contributed by atoms with Crippen LogP contribution in [0.5, 0.6) is 0 Å². The molecule has 1 N–H and O–H groups in total. The number of thioether (sulfide) groups is 1. The summed E-state index contributed by atoms with van der Waals surface area (Å²) in [6, 6.07) is 12.6. The van der Waals surface area contributed by atoms with Gasteiger partial charge in [0.2, 0.25) is 0 Å². The molecule has 1 heterocycles. The van der Waals surface area contributed by atoms with Gasteiger partial charge in [-0.15, -0.1) is 11.8 Å². The summed E-state index contributed by atoms with van der Waals surface area (Å²) in [5, 5.41) is 2.98. The molecule has 0 fully saturated rings. The average Bonchev–Trinajstić information content (AvgIpc) is 2.38. The van der Waals surface area contributed by atoms with Gasteiger partial charge in [-0.2, -0.15) is 0 Å². The first-order valence-electron chi connectivity index (χ1n) is 5.30. The summed E-state index contributed by atoms with van der Waals surface area (Å²) in [5.41, 5.74) is 0.935. The van der Waals surface area contributed by atoms with E-state index >= 15 is 0 Å². The number of benzene rings is 1. The number of rotatable bonds is 4. The standard InChI is InChI=1S/C13H13FN2S/c1-15-13-8-4-5-10(16-13)9-17-12-7-3-2-6-11(12)14/h2-8H,9H2,1H3,(H,15,16). The fourth-order valence-electron chi connectivity index (χ4n) is 1.41. The molecule has 0 spiro atoms. The largest absolute Gasteiger partial charge is 0.373 e. The van der Waals surface area contributed by atoms with Gasteiger partial charge in [0.15, 0.2) is 0 Å². The summed E-state index contributed by atoms with van der Waals surface area (Å²) in [7, 11) is 1.83. The maximum Gasteiger partial charge on any atom is 0.136 e. The number of anilines is 1. The van der Waals surface area contributed by atoms with Crippen LogP contribution in [0.3, 0.4) is 0 Å². The molecule has 0 atom stereocenters. The summed E-state index contributed by atoms with van der Waals surface area (Å²) in [6.45, 7) is 0. The molecular formula is C13H13FN2S. The highest BCUT2D eigenvalue weighted by atomic mass is 32.2. The third kappa shape index (κ3) is 3.20. The molecule has 0 aliphatic rings. The Kier molecular flexibility index (Phi) is 3.98. The van der Waals surface area contributed by atoms with Gasteiger partial charge in [0, 0.05) is 17.7 Å². The first-order chi connectivity index (χ1) is 8.29. The van der Waals surface area contributed by atoms with Crippen LogP contribution in [0.4, 0.5) is 10.2 Å². The van der Waals surface area contributed by atoms with E-state index in [0.29, 0.717) is 10.6 Å². The van der Waals surface area contributed by atoms with Crippen molar-refractivity contribution in [3.05, 3.63) is 54.0 Å². The Morgan fingerprint density at radius 3 is 2.76 bits per heavy atom. The minimum atomic E-state index is -0.178. The first-order valence-corrected chi connectivity index (χ1v) is 6.29. The lowest BCUT2D eigenvalue weighted by Crippen LogP contribution is -1.95. The molecule has 0 radical (unpaired) electrons. The average molecular weight is 248 g/mol. The molecule has 0 unspecified atom stereocenters. The van der Waals surface area contributed by atoms with E-state index in [9.17, 15) is 4.39 Å². The predicted octanol–water partition coefficient (Wildman–Crippen LogP) is 3.55. The highest BCUT2D eigenvalue weighted by Crippen LogP contribution is 2.24. The quantitative estimate of drug-likeness (QED) is 0.837. The Bertz CT molecular complexity index is 502. The Labute approximate surface area is 104 Å². The van der Waals surface area contributed by atoms with E-state index < -0.39 is 0 Å². The summed E-state index contributed by atoms with van der Waals surface area (Å²) < 4.78 is 13.4. The molecule has 17 heavy (non-hydrogen) atoms. The van der Waals surface area contributed by atoms with E-state index in [0.717, 1.165) is 11.5 Å². The Morgan fingerprint density at radius 2 is 2.00 bits per heavy atom. The molecule has 88 valence electrons. The van der Waals surface area contributed by atoms with Gasteiger partial charge in [0.25, 0.3) is 0 Å². The maximum absolute atomic E-state index is 13.4. The molecule has 0 saturated heterocycles. The minimum absolute atomic E-state index is 0.178.